The maximum absolute atomic E-state index is 11.1. The summed E-state index contributed by atoms with van der Waals surface area (Å²) in [5, 5.41) is 0. The maximum Gasteiger partial charge on any atom is 0.508 e. The molecule has 0 atom stereocenters. The molecule has 0 bridgehead atoms. The van der Waals surface area contributed by atoms with Crippen molar-refractivity contribution in [3.63, 3.8) is 0 Å². The van der Waals surface area contributed by atoms with Crippen molar-refractivity contribution in [3.05, 3.63) is 48.0 Å². The summed E-state index contributed by atoms with van der Waals surface area (Å²) in [4.78, 5) is 11.1. The zero-order valence-corrected chi connectivity index (χ0v) is 13.0. The van der Waals surface area contributed by atoms with Crippen molar-refractivity contribution in [1.82, 2.24) is 0 Å². The molecule has 0 amide bonds. The fraction of sp³-hybridized carbons (Fsp3) is 0.500. The lowest BCUT2D eigenvalue weighted by Crippen LogP contribution is -2.08. The van der Waals surface area contributed by atoms with Crippen LogP contribution in [0.5, 0.6) is 0 Å². The van der Waals surface area contributed by atoms with Crippen molar-refractivity contribution in [3.8, 4) is 0 Å². The van der Waals surface area contributed by atoms with Gasteiger partial charge >= 0.3 is 6.16 Å². The molecular formula is C18H26O3. The molecule has 0 spiro atoms. The van der Waals surface area contributed by atoms with E-state index in [0.717, 1.165) is 19.3 Å². The number of aryl methyl sites for hydroxylation is 2. The predicted molar refractivity (Wildman–Crippen MR) is 85.5 cm³/mol. The largest absolute Gasteiger partial charge is 0.508 e. The van der Waals surface area contributed by atoms with Crippen LogP contribution in [0.2, 0.25) is 0 Å². The first kappa shape index (κ1) is 17.3. The van der Waals surface area contributed by atoms with E-state index in [1.54, 1.807) is 0 Å². The van der Waals surface area contributed by atoms with Gasteiger partial charge in [0.05, 0.1) is 6.61 Å². The van der Waals surface area contributed by atoms with Gasteiger partial charge in [-0.15, -0.1) is 0 Å². The van der Waals surface area contributed by atoms with Crippen LogP contribution in [0.15, 0.2) is 36.9 Å². The molecular weight excluding hydrogens is 264 g/mol. The van der Waals surface area contributed by atoms with Crippen molar-refractivity contribution in [2.24, 2.45) is 0 Å². The molecule has 0 fully saturated rings. The highest BCUT2D eigenvalue weighted by Gasteiger charge is 2.02. The minimum atomic E-state index is -0.622. The van der Waals surface area contributed by atoms with Gasteiger partial charge in [-0.2, -0.15) is 0 Å². The Kier molecular flexibility index (Phi) is 9.01. The summed E-state index contributed by atoms with van der Waals surface area (Å²) in [6.07, 6.45) is 7.54. The van der Waals surface area contributed by atoms with Gasteiger partial charge < -0.3 is 9.47 Å². The highest BCUT2D eigenvalue weighted by Crippen LogP contribution is 2.11. The second-order valence-electron chi connectivity index (χ2n) is 5.08. The Hall–Kier alpha value is -1.77. The van der Waals surface area contributed by atoms with Gasteiger partial charge in [0.1, 0.15) is 6.61 Å². The lowest BCUT2D eigenvalue weighted by Gasteiger charge is -2.06. The minimum absolute atomic E-state index is 0.193. The van der Waals surface area contributed by atoms with Crippen LogP contribution >= 0.6 is 0 Å². The molecule has 0 heterocycles. The molecule has 0 radical (unpaired) electrons. The number of hydrogen-bond donors (Lipinski definition) is 0. The number of rotatable bonds is 10. The Morgan fingerprint density at radius 2 is 1.86 bits per heavy atom. The summed E-state index contributed by atoms with van der Waals surface area (Å²) in [5.41, 5.74) is 2.69. The van der Waals surface area contributed by atoms with E-state index in [9.17, 15) is 4.79 Å². The van der Waals surface area contributed by atoms with Gasteiger partial charge in [0.25, 0.3) is 0 Å². The molecule has 3 heteroatoms. The summed E-state index contributed by atoms with van der Waals surface area (Å²) in [6, 6.07) is 8.67. The van der Waals surface area contributed by atoms with Gasteiger partial charge in [0.15, 0.2) is 0 Å². The van der Waals surface area contributed by atoms with Crippen molar-refractivity contribution >= 4 is 6.16 Å². The summed E-state index contributed by atoms with van der Waals surface area (Å²) in [6.45, 7) is 6.27. The lowest BCUT2D eigenvalue weighted by atomic mass is 10.0. The normalized spacial score (nSPS) is 10.1. The van der Waals surface area contributed by atoms with Crippen LogP contribution < -0.4 is 0 Å². The van der Waals surface area contributed by atoms with E-state index < -0.39 is 6.16 Å². The van der Waals surface area contributed by atoms with Crippen molar-refractivity contribution in [1.29, 1.82) is 0 Å². The highest BCUT2D eigenvalue weighted by atomic mass is 16.7. The van der Waals surface area contributed by atoms with Gasteiger partial charge in [-0.3, -0.25) is 0 Å². The van der Waals surface area contributed by atoms with Crippen LogP contribution in [-0.2, 0) is 22.3 Å². The van der Waals surface area contributed by atoms with Gasteiger partial charge in [-0.05, 0) is 36.8 Å². The first-order chi connectivity index (χ1) is 10.3. The third-order valence-electron chi connectivity index (χ3n) is 3.21. The molecule has 3 nitrogen and oxygen atoms in total. The maximum atomic E-state index is 11.1. The number of carbonyl (C=O) groups excluding carboxylic acids is 1. The standard InChI is InChI=1S/C18H26O3/c1-3-5-6-9-16-10-7-11-17(15-16)12-8-14-21-18(19)20-13-4-2/h4,7,10-11,15H,2-3,5-6,8-9,12-14H2,1H3. The Bertz CT molecular complexity index is 426. The molecule has 0 aliphatic rings. The molecule has 0 N–H and O–H groups in total. The Labute approximate surface area is 128 Å². The molecule has 1 rings (SSSR count). The van der Waals surface area contributed by atoms with Crippen molar-refractivity contribution < 1.29 is 14.3 Å². The summed E-state index contributed by atoms with van der Waals surface area (Å²) in [7, 11) is 0. The average Bonchev–Trinajstić information content (AvgIpc) is 2.50. The second-order valence-corrected chi connectivity index (χ2v) is 5.08. The molecule has 0 saturated carbocycles. The Morgan fingerprint density at radius 1 is 1.14 bits per heavy atom. The lowest BCUT2D eigenvalue weighted by molar-refractivity contribution is 0.0625. The third kappa shape index (κ3) is 8.18. The first-order valence-corrected chi connectivity index (χ1v) is 7.74. The van der Waals surface area contributed by atoms with E-state index in [1.807, 2.05) is 0 Å². The Morgan fingerprint density at radius 3 is 2.52 bits per heavy atom. The average molecular weight is 290 g/mol. The van der Waals surface area contributed by atoms with Crippen LogP contribution in [0.4, 0.5) is 4.79 Å². The molecule has 0 saturated heterocycles. The van der Waals surface area contributed by atoms with Crippen LogP contribution in [0.1, 0.15) is 43.7 Å². The molecule has 0 aliphatic heterocycles. The number of hydrogen-bond acceptors (Lipinski definition) is 3. The van der Waals surface area contributed by atoms with Gasteiger partial charge in [-0.25, -0.2) is 4.79 Å². The van der Waals surface area contributed by atoms with Crippen LogP contribution in [0, 0.1) is 0 Å². The van der Waals surface area contributed by atoms with E-state index in [1.165, 1.54) is 36.5 Å². The molecule has 1 aromatic carbocycles. The molecule has 21 heavy (non-hydrogen) atoms. The summed E-state index contributed by atoms with van der Waals surface area (Å²) < 4.78 is 9.70. The smallest absolute Gasteiger partial charge is 0.434 e. The first-order valence-electron chi connectivity index (χ1n) is 7.74. The van der Waals surface area contributed by atoms with E-state index in [4.69, 9.17) is 9.47 Å². The topological polar surface area (TPSA) is 35.5 Å². The van der Waals surface area contributed by atoms with Gasteiger partial charge in [-0.1, -0.05) is 56.7 Å². The number of ether oxygens (including phenoxy) is 2. The molecule has 1 aromatic rings. The number of benzene rings is 1. The summed E-state index contributed by atoms with van der Waals surface area (Å²) >= 11 is 0. The quantitative estimate of drug-likeness (QED) is 0.356. The Balaban J connectivity index is 2.23. The van der Waals surface area contributed by atoms with E-state index in [2.05, 4.69) is 37.8 Å². The fourth-order valence-electron chi connectivity index (χ4n) is 2.12. The van der Waals surface area contributed by atoms with Crippen molar-refractivity contribution in [2.75, 3.05) is 13.2 Å². The number of carbonyl (C=O) groups is 1. The SMILES string of the molecule is C=CCOC(=O)OCCCc1cccc(CCCCC)c1. The van der Waals surface area contributed by atoms with Crippen LogP contribution in [0.3, 0.4) is 0 Å². The van der Waals surface area contributed by atoms with Gasteiger partial charge in [0.2, 0.25) is 0 Å². The molecule has 0 aromatic heterocycles. The molecule has 0 unspecified atom stereocenters. The number of unbranched alkanes of at least 4 members (excludes halogenated alkanes) is 2. The van der Waals surface area contributed by atoms with E-state index >= 15 is 0 Å². The third-order valence-corrected chi connectivity index (χ3v) is 3.21. The highest BCUT2D eigenvalue weighted by molar-refractivity contribution is 5.59. The summed E-state index contributed by atoms with van der Waals surface area (Å²) in [5.74, 6) is 0. The van der Waals surface area contributed by atoms with Gasteiger partial charge in [0, 0.05) is 0 Å². The van der Waals surface area contributed by atoms with Crippen LogP contribution in [0.25, 0.3) is 0 Å². The van der Waals surface area contributed by atoms with E-state index in [0.29, 0.717) is 6.61 Å². The monoisotopic (exact) mass is 290 g/mol. The second kappa shape index (κ2) is 11.0. The predicted octanol–water partition coefficient (Wildman–Crippen LogP) is 4.69. The van der Waals surface area contributed by atoms with Crippen molar-refractivity contribution in [2.45, 2.75) is 45.4 Å². The molecule has 0 aliphatic carbocycles. The minimum Gasteiger partial charge on any atom is -0.434 e. The zero-order chi connectivity index (χ0) is 15.3. The zero-order valence-electron chi connectivity index (χ0n) is 13.0. The molecule has 116 valence electrons. The van der Waals surface area contributed by atoms with E-state index in [-0.39, 0.29) is 6.61 Å². The fourth-order valence-corrected chi connectivity index (χ4v) is 2.12. The van der Waals surface area contributed by atoms with Crippen LogP contribution in [-0.4, -0.2) is 19.4 Å².